The van der Waals surface area contributed by atoms with E-state index in [4.69, 9.17) is 4.74 Å². The van der Waals surface area contributed by atoms with Gasteiger partial charge in [-0.3, -0.25) is 14.4 Å². The maximum Gasteiger partial charge on any atom is 0.318 e. The summed E-state index contributed by atoms with van der Waals surface area (Å²) in [5, 5.41) is 13.4. The Bertz CT molecular complexity index is 1680. The molecule has 8 rings (SSSR count). The van der Waals surface area contributed by atoms with Crippen LogP contribution in [0.1, 0.15) is 152 Å². The first-order chi connectivity index (χ1) is 26.2. The Morgan fingerprint density at radius 2 is 1.52 bits per heavy atom. The zero-order valence-electron chi connectivity index (χ0n) is 36.2. The van der Waals surface area contributed by atoms with E-state index in [1.54, 1.807) is 0 Å². The van der Waals surface area contributed by atoms with E-state index in [0.717, 1.165) is 96.0 Å². The first-order valence-corrected chi connectivity index (χ1v) is 22.7. The van der Waals surface area contributed by atoms with Crippen LogP contribution in [0.2, 0.25) is 0 Å². The van der Waals surface area contributed by atoms with E-state index >= 15 is 0 Å². The molecule has 8 aliphatic rings. The van der Waals surface area contributed by atoms with Gasteiger partial charge in [0.25, 0.3) is 0 Å². The van der Waals surface area contributed by atoms with Crippen LogP contribution < -0.4 is 5.32 Å². The molecule has 9 heteroatoms. The Morgan fingerprint density at radius 3 is 2.18 bits per heavy atom. The Labute approximate surface area is 336 Å². The number of carboxylic acids is 1. The highest BCUT2D eigenvalue weighted by atomic mass is 16.5. The molecule has 0 aromatic carbocycles. The van der Waals surface area contributed by atoms with Gasteiger partial charge < -0.3 is 25.0 Å². The van der Waals surface area contributed by atoms with Crippen molar-refractivity contribution in [2.45, 2.75) is 170 Å². The van der Waals surface area contributed by atoms with E-state index in [0.29, 0.717) is 24.7 Å². The van der Waals surface area contributed by atoms with Crippen molar-refractivity contribution in [1.29, 1.82) is 0 Å². The minimum absolute atomic E-state index is 0.00586. The lowest BCUT2D eigenvalue weighted by Crippen LogP contribution is -2.68. The molecule has 6 aliphatic carbocycles. The molecule has 0 aromatic rings. The molecule has 2 saturated heterocycles. The highest BCUT2D eigenvalue weighted by Gasteiger charge is 2.70. The molecule has 56 heavy (non-hydrogen) atoms. The van der Waals surface area contributed by atoms with Gasteiger partial charge in [0.1, 0.15) is 6.10 Å². The van der Waals surface area contributed by atoms with Gasteiger partial charge in [0.2, 0.25) is 0 Å². The number of rotatable bonds is 7. The third-order valence-electron chi connectivity index (χ3n) is 19.1. The van der Waals surface area contributed by atoms with E-state index in [-0.39, 0.29) is 69.3 Å². The normalized spacial score (nSPS) is 44.1. The Hall–Kier alpha value is -2.42. The molecule has 2 amide bonds. The molecule has 5 saturated carbocycles. The van der Waals surface area contributed by atoms with Crippen molar-refractivity contribution in [2.75, 3.05) is 26.2 Å². The number of carbonyl (C=O) groups is 4. The summed E-state index contributed by atoms with van der Waals surface area (Å²) in [6, 6.07) is 0.288. The van der Waals surface area contributed by atoms with E-state index in [2.05, 4.69) is 63.6 Å². The molecule has 312 valence electrons. The second-order valence-electron chi connectivity index (χ2n) is 22.5. The SMILES string of the molecule is CC(C)C1=C2[C@H]3CC[C@@H]4[C@@]5(C)CC[C@H](OC(=O)[C@H]6C[C@@H](C(=O)O)C6(C)C)C(C)(C)[C@@H]5CC[C@@]4(C)[C@]3(C)CC[C@@]2(NC(=O)N2CCCC2CN2CCCC2)CC1=O. The van der Waals surface area contributed by atoms with Crippen LogP contribution in [0.3, 0.4) is 0 Å². The quantitative estimate of drug-likeness (QED) is 0.249. The number of nitrogens with one attached hydrogen (secondary N) is 1. The number of hydrogen-bond donors (Lipinski definition) is 2. The van der Waals surface area contributed by atoms with Gasteiger partial charge in [-0.2, -0.15) is 0 Å². The number of amides is 2. The standard InChI is InChI=1S/C47H73N3O6/c1-28(2)37-33(51)26-47(48-41(55)50-24-12-13-29(50)27-49-22-10-11-23-49)21-20-45(8)30(38(37)47)14-15-35-44(7)18-17-36(43(5,6)34(44)16-19-46(35,45)9)56-40(54)32-25-31(39(52)53)42(32,3)4/h28-32,34-36H,10-27H2,1-9H3,(H,48,55)(H,52,53)/t29?,30-,31+,32-,34+,35-,36+,44+,45-,46-,47-/m1/s1. The fourth-order valence-corrected chi connectivity index (χ4v) is 15.7. The molecule has 0 spiro atoms. The summed E-state index contributed by atoms with van der Waals surface area (Å²) in [5.41, 5.74) is 1.04. The Kier molecular flexibility index (Phi) is 9.77. The van der Waals surface area contributed by atoms with Crippen LogP contribution in [0.25, 0.3) is 0 Å². The second-order valence-corrected chi connectivity index (χ2v) is 22.5. The number of carboxylic acid groups (broad SMARTS) is 1. The maximum absolute atomic E-state index is 14.4. The minimum Gasteiger partial charge on any atom is -0.481 e. The topological polar surface area (TPSA) is 116 Å². The summed E-state index contributed by atoms with van der Waals surface area (Å²) < 4.78 is 6.44. The third-order valence-corrected chi connectivity index (χ3v) is 19.1. The largest absolute Gasteiger partial charge is 0.481 e. The second kappa shape index (κ2) is 13.6. The number of Topliss-reactive ketones (excluding diaryl/α,β-unsaturated/α-hetero) is 1. The van der Waals surface area contributed by atoms with Crippen LogP contribution in [0.15, 0.2) is 11.1 Å². The van der Waals surface area contributed by atoms with Crippen molar-refractivity contribution in [3.05, 3.63) is 11.1 Å². The number of allylic oxidation sites excluding steroid dienone is 1. The first-order valence-electron chi connectivity index (χ1n) is 22.7. The molecule has 9 nitrogen and oxygen atoms in total. The predicted molar refractivity (Wildman–Crippen MR) is 217 cm³/mol. The number of ketones is 1. The molecule has 7 fully saturated rings. The molecule has 2 N–H and O–H groups in total. The van der Waals surface area contributed by atoms with Crippen LogP contribution in [-0.4, -0.2) is 82.5 Å². The summed E-state index contributed by atoms with van der Waals surface area (Å²) in [6.07, 6.45) is 13.2. The Morgan fingerprint density at radius 1 is 0.804 bits per heavy atom. The fraction of sp³-hybridized carbons (Fsp3) is 0.872. The number of esters is 1. The van der Waals surface area contributed by atoms with Crippen molar-refractivity contribution in [3.63, 3.8) is 0 Å². The van der Waals surface area contributed by atoms with Crippen molar-refractivity contribution in [2.24, 2.45) is 62.6 Å². The summed E-state index contributed by atoms with van der Waals surface area (Å²) in [6.45, 7) is 24.5. The van der Waals surface area contributed by atoms with Crippen LogP contribution in [-0.2, 0) is 19.1 Å². The number of nitrogens with zero attached hydrogens (tertiary/aromatic N) is 2. The monoisotopic (exact) mass is 776 g/mol. The molecule has 0 aromatic heterocycles. The number of aliphatic carboxylic acids is 1. The molecule has 2 heterocycles. The summed E-state index contributed by atoms with van der Waals surface area (Å²) in [4.78, 5) is 58.7. The zero-order chi connectivity index (χ0) is 40.4. The van der Waals surface area contributed by atoms with Gasteiger partial charge in [-0.15, -0.1) is 0 Å². The van der Waals surface area contributed by atoms with Crippen LogP contribution >= 0.6 is 0 Å². The predicted octanol–water partition coefficient (Wildman–Crippen LogP) is 8.65. The van der Waals surface area contributed by atoms with Gasteiger partial charge in [-0.1, -0.05) is 62.3 Å². The van der Waals surface area contributed by atoms with Crippen LogP contribution in [0.4, 0.5) is 4.79 Å². The van der Waals surface area contributed by atoms with Crippen molar-refractivity contribution in [3.8, 4) is 0 Å². The minimum atomic E-state index is -0.824. The van der Waals surface area contributed by atoms with Crippen molar-refractivity contribution in [1.82, 2.24) is 15.1 Å². The van der Waals surface area contributed by atoms with Gasteiger partial charge in [0.05, 0.1) is 17.4 Å². The van der Waals surface area contributed by atoms with Gasteiger partial charge in [-0.25, -0.2) is 4.79 Å². The molecule has 11 atom stereocenters. The first kappa shape index (κ1) is 40.4. The molecule has 0 bridgehead atoms. The van der Waals surface area contributed by atoms with Gasteiger partial charge >= 0.3 is 18.0 Å². The molecular weight excluding hydrogens is 703 g/mol. The summed E-state index contributed by atoms with van der Waals surface area (Å²) in [7, 11) is 0. The number of ether oxygens (including phenoxy) is 1. The molecule has 2 aliphatic heterocycles. The van der Waals surface area contributed by atoms with Gasteiger partial charge in [-0.05, 0) is 153 Å². The zero-order valence-corrected chi connectivity index (χ0v) is 36.2. The highest BCUT2D eigenvalue weighted by molar-refractivity contribution is 6.02. The molecule has 1 unspecified atom stereocenters. The van der Waals surface area contributed by atoms with Crippen molar-refractivity contribution < 1.29 is 29.0 Å². The van der Waals surface area contributed by atoms with E-state index in [1.807, 2.05) is 13.8 Å². The average Bonchev–Trinajstić information content (AvgIpc) is 3.85. The highest BCUT2D eigenvalue weighted by Crippen LogP contribution is 2.76. The lowest BCUT2D eigenvalue weighted by atomic mass is 9.33. The van der Waals surface area contributed by atoms with Crippen molar-refractivity contribution >= 4 is 23.8 Å². The van der Waals surface area contributed by atoms with Crippen LogP contribution in [0.5, 0.6) is 0 Å². The maximum atomic E-state index is 14.4. The van der Waals surface area contributed by atoms with Crippen LogP contribution in [0, 0.1) is 62.6 Å². The third kappa shape index (κ3) is 5.74. The number of likely N-dealkylation sites (tertiary alicyclic amines) is 2. The number of hydrogen-bond acceptors (Lipinski definition) is 6. The molecule has 0 radical (unpaired) electrons. The smallest absolute Gasteiger partial charge is 0.318 e. The number of carbonyl (C=O) groups excluding carboxylic acids is 3. The number of fused-ring (bicyclic) bond motifs is 7. The van der Waals surface area contributed by atoms with E-state index in [1.165, 1.54) is 18.4 Å². The summed E-state index contributed by atoms with van der Waals surface area (Å²) >= 11 is 0. The number of urea groups is 1. The van der Waals surface area contributed by atoms with Gasteiger partial charge in [0, 0.05) is 31.0 Å². The Balaban J connectivity index is 1.04. The summed E-state index contributed by atoms with van der Waals surface area (Å²) in [5.74, 6) is -0.397. The average molecular weight is 776 g/mol. The van der Waals surface area contributed by atoms with E-state index in [9.17, 15) is 24.3 Å². The molecular formula is C47H73N3O6. The fourth-order valence-electron chi connectivity index (χ4n) is 15.7. The lowest BCUT2D eigenvalue weighted by molar-refractivity contribution is -0.235. The lowest BCUT2D eigenvalue weighted by Gasteiger charge is -2.72. The van der Waals surface area contributed by atoms with Gasteiger partial charge in [0.15, 0.2) is 5.78 Å². The van der Waals surface area contributed by atoms with E-state index < -0.39 is 22.8 Å².